The smallest absolute Gasteiger partial charge is 0.362 e. The molecule has 0 bridgehead atoms. The molecular weight excluding hydrogens is 746 g/mol. The molecule has 5 aromatic rings. The third-order valence-corrected chi connectivity index (χ3v) is 14.0. The standard InChI is InChI=1S/C39H41ClF2N10O2S/c1-22(2)23-7-10-38(51(19-23)37(53)52-45-12-13-46-52)11-16-49(20-38)35-25-17-27(40)30(24-5-6-28(41)33-29(24)26(18-43)34(44)55-33)31(42)32(25)47-36(48-35)54-21-39-8-3-14-50(39)15-4-9-39/h5-6,12-13,17,22-23H,3-4,7-11,14-16,19-21,44H2,1-2H3/t23?,38-/m0/s1. The van der Waals surface area contributed by atoms with Gasteiger partial charge in [-0.05, 0) is 87.6 Å². The fraction of sp³-hybridized carbons (Fsp3) is 0.487. The molecule has 4 saturated heterocycles. The fourth-order valence-electron chi connectivity index (χ4n) is 9.70. The fourth-order valence-corrected chi connectivity index (χ4v) is 10.9. The highest BCUT2D eigenvalue weighted by Gasteiger charge is 2.50. The molecule has 0 radical (unpaired) electrons. The molecule has 1 amide bonds. The van der Waals surface area contributed by atoms with Gasteiger partial charge in [0.05, 0.1) is 38.8 Å². The minimum Gasteiger partial charge on any atom is -0.461 e. The molecule has 1 unspecified atom stereocenters. The van der Waals surface area contributed by atoms with Crippen molar-refractivity contribution >= 4 is 60.8 Å². The third kappa shape index (κ3) is 5.78. The number of halogens is 3. The molecule has 1 spiro atoms. The Balaban J connectivity index is 1.16. The van der Waals surface area contributed by atoms with Gasteiger partial charge in [-0.25, -0.2) is 13.6 Å². The van der Waals surface area contributed by atoms with Crippen molar-refractivity contribution in [3.05, 3.63) is 52.8 Å². The first kappa shape index (κ1) is 36.0. The van der Waals surface area contributed by atoms with Crippen molar-refractivity contribution in [2.45, 2.75) is 69.9 Å². The average Bonchev–Trinajstić information content (AvgIpc) is 4.01. The van der Waals surface area contributed by atoms with Gasteiger partial charge in [-0.2, -0.15) is 25.4 Å². The summed E-state index contributed by atoms with van der Waals surface area (Å²) in [4.78, 5) is 31.3. The maximum Gasteiger partial charge on any atom is 0.362 e. The number of nitrogens with two attached hydrogens (primary N) is 1. The highest BCUT2D eigenvalue weighted by Crippen LogP contribution is 2.48. The number of carbonyl (C=O) groups is 1. The Morgan fingerprint density at radius 3 is 2.62 bits per heavy atom. The maximum absolute atomic E-state index is 17.3. The molecule has 55 heavy (non-hydrogen) atoms. The van der Waals surface area contributed by atoms with Gasteiger partial charge in [0.1, 0.15) is 34.8 Å². The van der Waals surface area contributed by atoms with Gasteiger partial charge < -0.3 is 20.3 Å². The van der Waals surface area contributed by atoms with Crippen LogP contribution < -0.4 is 15.4 Å². The number of piperidine rings is 1. The lowest BCUT2D eigenvalue weighted by atomic mass is 9.78. The summed E-state index contributed by atoms with van der Waals surface area (Å²) in [7, 11) is 0. The van der Waals surface area contributed by atoms with Crippen LogP contribution in [0.1, 0.15) is 64.4 Å². The molecule has 7 heterocycles. The Hall–Kier alpha value is -4.65. The van der Waals surface area contributed by atoms with Gasteiger partial charge in [0.15, 0.2) is 5.82 Å². The maximum atomic E-state index is 17.3. The number of thiophene rings is 1. The lowest BCUT2D eigenvalue weighted by Gasteiger charge is -2.48. The van der Waals surface area contributed by atoms with E-state index in [0.29, 0.717) is 55.7 Å². The third-order valence-electron chi connectivity index (χ3n) is 12.7. The molecule has 4 fully saturated rings. The highest BCUT2D eigenvalue weighted by molar-refractivity contribution is 7.23. The first-order valence-corrected chi connectivity index (χ1v) is 20.1. The SMILES string of the molecule is CC(C)C1CC[C@@]2(CCN(c3nc(OCC45CCCN4CCC5)nc4c(F)c(-c5ccc(F)c6sc(N)c(C#N)c56)c(Cl)cc34)C2)N(C(=O)n2nccn2)C1. The van der Waals surface area contributed by atoms with E-state index in [2.05, 4.69) is 39.9 Å². The summed E-state index contributed by atoms with van der Waals surface area (Å²) in [5.74, 6) is -0.162. The summed E-state index contributed by atoms with van der Waals surface area (Å²) in [6.07, 6.45) is 9.57. The van der Waals surface area contributed by atoms with E-state index >= 15 is 8.78 Å². The van der Waals surface area contributed by atoms with E-state index in [4.69, 9.17) is 32.0 Å². The molecular formula is C39H41ClF2N10O2S. The lowest BCUT2D eigenvalue weighted by molar-refractivity contribution is 0.0487. The predicted molar refractivity (Wildman–Crippen MR) is 207 cm³/mol. The average molecular weight is 787 g/mol. The van der Waals surface area contributed by atoms with Crippen LogP contribution in [0.25, 0.3) is 32.1 Å². The predicted octanol–water partition coefficient (Wildman–Crippen LogP) is 7.48. The summed E-state index contributed by atoms with van der Waals surface area (Å²) in [6.45, 7) is 8.31. The molecule has 2 atom stereocenters. The topological polar surface area (TPSA) is 142 Å². The Morgan fingerprint density at radius 2 is 1.89 bits per heavy atom. The van der Waals surface area contributed by atoms with Gasteiger partial charge in [-0.15, -0.1) is 11.3 Å². The number of benzene rings is 2. The van der Waals surface area contributed by atoms with E-state index in [-0.39, 0.29) is 59.9 Å². The number of rotatable bonds is 6. The summed E-state index contributed by atoms with van der Waals surface area (Å²) in [6, 6.07) is 6.12. The normalized spacial score (nSPS) is 22.4. The second-order valence-corrected chi connectivity index (χ2v) is 17.3. The molecule has 12 nitrogen and oxygen atoms in total. The first-order chi connectivity index (χ1) is 26.5. The molecule has 3 aromatic heterocycles. The summed E-state index contributed by atoms with van der Waals surface area (Å²) in [5, 5.41) is 19.1. The van der Waals surface area contributed by atoms with Crippen molar-refractivity contribution in [3.8, 4) is 23.2 Å². The number of nitrogen functional groups attached to an aromatic ring is 1. The molecule has 286 valence electrons. The number of anilines is 2. The number of ether oxygens (including phenoxy) is 1. The molecule has 9 rings (SSSR count). The number of aromatic nitrogens is 5. The van der Waals surface area contributed by atoms with Crippen molar-refractivity contribution in [1.29, 1.82) is 5.26 Å². The molecule has 4 aliphatic heterocycles. The van der Waals surface area contributed by atoms with Gasteiger partial charge in [0.25, 0.3) is 0 Å². The van der Waals surface area contributed by atoms with Crippen LogP contribution in [-0.2, 0) is 0 Å². The molecule has 0 aliphatic carbocycles. The van der Waals surface area contributed by atoms with Gasteiger partial charge in [0, 0.05) is 36.0 Å². The second-order valence-electron chi connectivity index (χ2n) is 15.9. The number of nitriles is 1. The number of fused-ring (bicyclic) bond motifs is 3. The van der Waals surface area contributed by atoms with Gasteiger partial charge in [-0.1, -0.05) is 36.3 Å². The van der Waals surface area contributed by atoms with Crippen LogP contribution in [-0.4, -0.2) is 91.2 Å². The van der Waals surface area contributed by atoms with E-state index in [9.17, 15) is 10.1 Å². The molecule has 4 aliphatic rings. The van der Waals surface area contributed by atoms with Gasteiger partial charge >= 0.3 is 12.0 Å². The molecule has 16 heteroatoms. The van der Waals surface area contributed by atoms with Crippen molar-refractivity contribution in [2.24, 2.45) is 11.8 Å². The summed E-state index contributed by atoms with van der Waals surface area (Å²) < 4.78 is 39.0. The zero-order chi connectivity index (χ0) is 38.2. The largest absolute Gasteiger partial charge is 0.461 e. The number of carbonyl (C=O) groups excluding carboxylic acids is 1. The number of amides is 1. The summed E-state index contributed by atoms with van der Waals surface area (Å²) in [5.41, 5.74) is 5.76. The van der Waals surface area contributed by atoms with Crippen molar-refractivity contribution in [2.75, 3.05) is 50.0 Å². The zero-order valence-corrected chi connectivity index (χ0v) is 32.3. The molecule has 2 N–H and O–H groups in total. The monoisotopic (exact) mass is 786 g/mol. The van der Waals surface area contributed by atoms with Crippen molar-refractivity contribution in [1.82, 2.24) is 34.8 Å². The minimum atomic E-state index is -0.744. The van der Waals surface area contributed by atoms with Crippen LogP contribution in [0.4, 0.5) is 24.4 Å². The van der Waals surface area contributed by atoms with E-state index < -0.39 is 17.2 Å². The Morgan fingerprint density at radius 1 is 1.13 bits per heavy atom. The van der Waals surface area contributed by atoms with E-state index in [1.54, 1.807) is 6.07 Å². The van der Waals surface area contributed by atoms with Crippen LogP contribution in [0.15, 0.2) is 30.6 Å². The minimum absolute atomic E-state index is 0.0103. The van der Waals surface area contributed by atoms with Crippen LogP contribution in [0.3, 0.4) is 0 Å². The zero-order valence-electron chi connectivity index (χ0n) is 30.7. The second kappa shape index (κ2) is 13.5. The number of likely N-dealkylation sites (tertiary alicyclic amines) is 1. The number of nitrogens with zero attached hydrogens (tertiary/aromatic N) is 9. The van der Waals surface area contributed by atoms with Crippen LogP contribution in [0.2, 0.25) is 5.02 Å². The number of hydrogen-bond donors (Lipinski definition) is 1. The lowest BCUT2D eigenvalue weighted by Crippen LogP contribution is -2.60. The van der Waals surface area contributed by atoms with E-state index in [1.807, 2.05) is 4.90 Å². The quantitative estimate of drug-likeness (QED) is 0.184. The Labute approximate surface area is 325 Å². The summed E-state index contributed by atoms with van der Waals surface area (Å²) >= 11 is 7.93. The van der Waals surface area contributed by atoms with Gasteiger partial charge in [-0.3, -0.25) is 4.90 Å². The van der Waals surface area contributed by atoms with Gasteiger partial charge in [0.2, 0.25) is 0 Å². The van der Waals surface area contributed by atoms with Crippen LogP contribution >= 0.6 is 22.9 Å². The Bertz CT molecular complexity index is 2370. The van der Waals surface area contributed by atoms with E-state index in [1.165, 1.54) is 24.5 Å². The van der Waals surface area contributed by atoms with E-state index in [0.717, 1.165) is 67.7 Å². The molecule has 2 aromatic carbocycles. The highest BCUT2D eigenvalue weighted by atomic mass is 35.5. The molecule has 0 saturated carbocycles. The number of hydrogen-bond acceptors (Lipinski definition) is 11. The van der Waals surface area contributed by atoms with Crippen LogP contribution in [0, 0.1) is 34.8 Å². The first-order valence-electron chi connectivity index (χ1n) is 18.9. The Kier molecular flexibility index (Phi) is 8.86. The van der Waals surface area contributed by atoms with Crippen LogP contribution in [0.5, 0.6) is 6.01 Å². The van der Waals surface area contributed by atoms with Crippen molar-refractivity contribution in [3.63, 3.8) is 0 Å². The van der Waals surface area contributed by atoms with Crippen molar-refractivity contribution < 1.29 is 18.3 Å².